The number of benzene rings is 1. The quantitative estimate of drug-likeness (QED) is 0.705. The summed E-state index contributed by atoms with van der Waals surface area (Å²) in [5.41, 5.74) is 0.307. The Kier molecular flexibility index (Phi) is 8.58. The molecule has 0 aliphatic rings. The van der Waals surface area contributed by atoms with Gasteiger partial charge in [0.2, 0.25) is 0 Å². The summed E-state index contributed by atoms with van der Waals surface area (Å²) in [7, 11) is 0. The van der Waals surface area contributed by atoms with Crippen LogP contribution in [0.15, 0.2) is 30.3 Å². The topological polar surface area (TPSA) is 73.9 Å². The van der Waals surface area contributed by atoms with E-state index >= 15 is 0 Å². The summed E-state index contributed by atoms with van der Waals surface area (Å²) in [6, 6.07) is 8.80. The van der Waals surface area contributed by atoms with Gasteiger partial charge in [-0.15, -0.1) is 0 Å². The van der Waals surface area contributed by atoms with Crippen LogP contribution in [0.5, 0.6) is 0 Å². The monoisotopic (exact) mass is 365 g/mol. The van der Waals surface area contributed by atoms with Crippen molar-refractivity contribution in [2.24, 2.45) is 0 Å². The van der Waals surface area contributed by atoms with E-state index in [4.69, 9.17) is 14.2 Å². The van der Waals surface area contributed by atoms with Crippen LogP contribution in [0.1, 0.15) is 59.6 Å². The van der Waals surface area contributed by atoms with Gasteiger partial charge in [0.15, 0.2) is 0 Å². The fourth-order valence-electron chi connectivity index (χ4n) is 2.28. The van der Waals surface area contributed by atoms with Gasteiger partial charge in [-0.3, -0.25) is 0 Å². The minimum Gasteiger partial charge on any atom is -0.458 e. The second-order valence-corrected chi connectivity index (χ2v) is 7.21. The number of hydrogen-bond acceptors (Lipinski definition) is 5. The summed E-state index contributed by atoms with van der Waals surface area (Å²) in [5.74, 6) is -0.538. The average Bonchev–Trinajstić information content (AvgIpc) is 2.54. The molecule has 26 heavy (non-hydrogen) atoms. The third-order valence-corrected chi connectivity index (χ3v) is 3.44. The highest BCUT2D eigenvalue weighted by molar-refractivity contribution is 5.81. The first-order valence-corrected chi connectivity index (χ1v) is 9.00. The van der Waals surface area contributed by atoms with Gasteiger partial charge < -0.3 is 19.5 Å². The fourth-order valence-corrected chi connectivity index (χ4v) is 2.28. The van der Waals surface area contributed by atoms with E-state index in [1.807, 2.05) is 37.3 Å². The van der Waals surface area contributed by atoms with Gasteiger partial charge in [0.25, 0.3) is 0 Å². The number of ether oxygens (including phenoxy) is 3. The maximum atomic E-state index is 12.3. The van der Waals surface area contributed by atoms with E-state index in [0.29, 0.717) is 6.61 Å². The highest BCUT2D eigenvalue weighted by Crippen LogP contribution is 2.24. The summed E-state index contributed by atoms with van der Waals surface area (Å²) < 4.78 is 16.6. The lowest BCUT2D eigenvalue weighted by Gasteiger charge is -2.26. The summed E-state index contributed by atoms with van der Waals surface area (Å²) in [4.78, 5) is 24.1. The highest BCUT2D eigenvalue weighted by Gasteiger charge is 2.27. The first-order valence-electron chi connectivity index (χ1n) is 9.00. The van der Waals surface area contributed by atoms with Gasteiger partial charge in [-0.2, -0.15) is 0 Å². The predicted octanol–water partition coefficient (Wildman–Crippen LogP) is 4.00. The van der Waals surface area contributed by atoms with Crippen LogP contribution in [0.2, 0.25) is 0 Å². The first-order chi connectivity index (χ1) is 12.1. The minimum atomic E-state index is -0.824. The number of alkyl carbamates (subject to hydrolysis) is 1. The molecule has 1 aromatic rings. The van der Waals surface area contributed by atoms with E-state index in [1.165, 1.54) is 0 Å². The lowest BCUT2D eigenvalue weighted by atomic mass is 10.1. The maximum absolute atomic E-state index is 12.3. The number of amides is 1. The minimum absolute atomic E-state index is 0.367. The van der Waals surface area contributed by atoms with Crippen LogP contribution < -0.4 is 5.32 Å². The van der Waals surface area contributed by atoms with Crippen molar-refractivity contribution in [3.8, 4) is 0 Å². The van der Waals surface area contributed by atoms with Crippen molar-refractivity contribution in [3.63, 3.8) is 0 Å². The Balaban J connectivity index is 2.68. The number of hydrogen-bond donors (Lipinski definition) is 1. The van der Waals surface area contributed by atoms with Crippen LogP contribution in [0.4, 0.5) is 4.79 Å². The van der Waals surface area contributed by atoms with Crippen molar-refractivity contribution in [3.05, 3.63) is 35.9 Å². The summed E-state index contributed by atoms with van der Waals surface area (Å²) in [6.45, 7) is 11.2. The van der Waals surface area contributed by atoms with Gasteiger partial charge in [0.05, 0.1) is 0 Å². The zero-order valence-electron chi connectivity index (χ0n) is 16.6. The molecule has 1 amide bonds. The molecule has 0 saturated heterocycles. The van der Waals surface area contributed by atoms with Crippen molar-refractivity contribution >= 4 is 12.1 Å². The zero-order valence-corrected chi connectivity index (χ0v) is 16.6. The van der Waals surface area contributed by atoms with Crippen molar-refractivity contribution < 1.29 is 23.8 Å². The van der Waals surface area contributed by atoms with Crippen molar-refractivity contribution in [2.75, 3.05) is 6.61 Å². The fraction of sp³-hybridized carbons (Fsp3) is 0.600. The normalized spacial score (nSPS) is 14.8. The number of carbonyl (C=O) groups excluding carboxylic acids is 2. The van der Waals surface area contributed by atoms with E-state index in [1.54, 1.807) is 34.6 Å². The average molecular weight is 365 g/mol. The molecule has 1 rings (SSSR count). The first kappa shape index (κ1) is 22.0. The lowest BCUT2D eigenvalue weighted by Crippen LogP contribution is -2.43. The van der Waals surface area contributed by atoms with Crippen LogP contribution in [-0.4, -0.2) is 36.4 Å². The Bertz CT molecular complexity index is 567. The Hall–Kier alpha value is -2.08. The Labute approximate surface area is 156 Å². The van der Waals surface area contributed by atoms with E-state index in [0.717, 1.165) is 12.0 Å². The molecule has 0 aliphatic heterocycles. The lowest BCUT2D eigenvalue weighted by molar-refractivity contribution is -0.158. The summed E-state index contributed by atoms with van der Waals surface area (Å²) >= 11 is 0. The van der Waals surface area contributed by atoms with Gasteiger partial charge in [-0.25, -0.2) is 9.59 Å². The van der Waals surface area contributed by atoms with E-state index in [-0.39, 0.29) is 6.10 Å². The molecule has 146 valence electrons. The number of esters is 1. The molecule has 0 fully saturated rings. The molecule has 0 spiro atoms. The molecular formula is C20H31NO5. The Morgan fingerprint density at radius 2 is 1.73 bits per heavy atom. The molecule has 6 heteroatoms. The number of rotatable bonds is 8. The van der Waals surface area contributed by atoms with Crippen LogP contribution in [0.3, 0.4) is 0 Å². The molecule has 0 heterocycles. The zero-order chi connectivity index (χ0) is 19.7. The van der Waals surface area contributed by atoms with Gasteiger partial charge in [-0.05, 0) is 46.6 Å². The van der Waals surface area contributed by atoms with Crippen LogP contribution in [0, 0.1) is 0 Å². The molecule has 1 aromatic carbocycles. The van der Waals surface area contributed by atoms with Gasteiger partial charge in [0.1, 0.15) is 23.9 Å². The molecular weight excluding hydrogens is 334 g/mol. The molecule has 6 nitrogen and oxygen atoms in total. The largest absolute Gasteiger partial charge is 0.458 e. The standard InChI is InChI=1S/C20H31NO5/c1-7-13-24-17(16-11-9-8-10-12-16)15(3)25-18(22)14(2)21-19(23)26-20(4,5)6/h8-12,14-15,17H,7,13H2,1-6H3,(H,21,23)/t14-,15-,17+/m0/s1. The third-order valence-electron chi connectivity index (χ3n) is 3.44. The second-order valence-electron chi connectivity index (χ2n) is 7.21. The van der Waals surface area contributed by atoms with Crippen molar-refractivity contribution in [1.29, 1.82) is 0 Å². The van der Waals surface area contributed by atoms with E-state index < -0.39 is 29.8 Å². The molecule has 0 saturated carbocycles. The number of carbonyl (C=O) groups is 2. The van der Waals surface area contributed by atoms with Crippen LogP contribution in [0.25, 0.3) is 0 Å². The molecule has 0 aromatic heterocycles. The maximum Gasteiger partial charge on any atom is 0.408 e. The van der Waals surface area contributed by atoms with Gasteiger partial charge in [0, 0.05) is 6.61 Å². The van der Waals surface area contributed by atoms with Crippen LogP contribution in [-0.2, 0) is 19.0 Å². The summed E-state index contributed by atoms with van der Waals surface area (Å²) in [5, 5.41) is 2.49. The molecule has 3 atom stereocenters. The SMILES string of the molecule is CCCO[C@@H](c1ccccc1)[C@H](C)OC(=O)[C@H](C)NC(=O)OC(C)(C)C. The molecule has 0 radical (unpaired) electrons. The van der Waals surface area contributed by atoms with E-state index in [2.05, 4.69) is 5.32 Å². The smallest absolute Gasteiger partial charge is 0.408 e. The molecule has 1 N–H and O–H groups in total. The predicted molar refractivity (Wildman–Crippen MR) is 99.8 cm³/mol. The number of nitrogens with one attached hydrogen (secondary N) is 1. The van der Waals surface area contributed by atoms with Crippen molar-refractivity contribution in [2.45, 2.75) is 71.8 Å². The summed E-state index contributed by atoms with van der Waals surface area (Å²) in [6.07, 6.45) is -0.662. The van der Waals surface area contributed by atoms with Crippen LogP contribution >= 0.6 is 0 Å². The van der Waals surface area contributed by atoms with Gasteiger partial charge in [-0.1, -0.05) is 37.3 Å². The Morgan fingerprint density at radius 1 is 1.12 bits per heavy atom. The van der Waals surface area contributed by atoms with E-state index in [9.17, 15) is 9.59 Å². The molecule has 0 aliphatic carbocycles. The van der Waals surface area contributed by atoms with Gasteiger partial charge >= 0.3 is 12.1 Å². The molecule has 0 bridgehead atoms. The second kappa shape index (κ2) is 10.2. The third kappa shape index (κ3) is 7.87. The highest BCUT2D eigenvalue weighted by atomic mass is 16.6. The molecule has 0 unspecified atom stereocenters. The Morgan fingerprint density at radius 3 is 2.27 bits per heavy atom. The van der Waals surface area contributed by atoms with Crippen molar-refractivity contribution in [1.82, 2.24) is 5.32 Å².